The van der Waals surface area contributed by atoms with Gasteiger partial charge in [-0.3, -0.25) is 29.0 Å². The van der Waals surface area contributed by atoms with E-state index in [9.17, 15) is 34.0 Å². The molecular weight excluding hydrogens is 631 g/mol. The van der Waals surface area contributed by atoms with E-state index in [1.54, 1.807) is 16.7 Å². The molecule has 6 rings (SSSR count). The number of β-lactam (4-membered cyclic amide) rings is 1. The third-order valence-corrected chi connectivity index (χ3v) is 10.6. The monoisotopic (exact) mass is 646 g/mol. The summed E-state index contributed by atoms with van der Waals surface area (Å²) in [5.41, 5.74) is 1.10. The van der Waals surface area contributed by atoms with Gasteiger partial charge in [-0.05, 0) is 23.8 Å². The summed E-state index contributed by atoms with van der Waals surface area (Å²) in [5, 5.41) is 20.2. The van der Waals surface area contributed by atoms with Gasteiger partial charge in [-0.15, -0.1) is 11.8 Å². The Kier molecular flexibility index (Phi) is 6.19. The van der Waals surface area contributed by atoms with Crippen LogP contribution >= 0.6 is 39.0 Å². The van der Waals surface area contributed by atoms with Crippen molar-refractivity contribution >= 4 is 77.7 Å². The zero-order chi connectivity index (χ0) is 28.5. The number of thiazole rings is 1. The highest BCUT2D eigenvalue weighted by atomic mass is 79.9. The van der Waals surface area contributed by atoms with Crippen LogP contribution in [0.1, 0.15) is 24.3 Å². The number of hydrogen-bond acceptors (Lipinski definition) is 9. The number of aliphatic carboxylic acids is 1. The van der Waals surface area contributed by atoms with Crippen molar-refractivity contribution in [3.8, 4) is 0 Å². The molecule has 0 bridgehead atoms. The number of halogens is 2. The van der Waals surface area contributed by atoms with Crippen LogP contribution < -0.4 is 0 Å². The number of nitrogens with zero attached hydrogens (tertiary/aromatic N) is 4. The number of aromatic nitrogens is 2. The Bertz CT molecular complexity index is 1800. The first kappa shape index (κ1) is 26.4. The number of esters is 1. The number of carboxylic acids is 1. The van der Waals surface area contributed by atoms with Crippen LogP contribution in [0.15, 0.2) is 59.3 Å². The van der Waals surface area contributed by atoms with Gasteiger partial charge in [0.2, 0.25) is 0 Å². The van der Waals surface area contributed by atoms with Gasteiger partial charge in [0.25, 0.3) is 11.6 Å². The number of nitro benzene ring substituents is 1. The molecule has 4 aromatic rings. The number of alkyl halides is 1. The lowest BCUT2D eigenvalue weighted by molar-refractivity contribution is -0.384. The molecule has 3 unspecified atom stereocenters. The third-order valence-electron chi connectivity index (χ3n) is 6.62. The molecule has 204 valence electrons. The molecule has 2 aromatic carbocycles. The van der Waals surface area contributed by atoms with Crippen molar-refractivity contribution in [1.82, 2.24) is 14.3 Å². The number of nitro groups is 1. The highest BCUT2D eigenvalue weighted by molar-refractivity contribution is 9.10. The van der Waals surface area contributed by atoms with Crippen LogP contribution in [0.4, 0.5) is 10.1 Å². The fraction of sp³-hybridized carbons (Fsp3) is 0.200. The highest BCUT2D eigenvalue weighted by Crippen LogP contribution is 2.60. The molecule has 3 atom stereocenters. The van der Waals surface area contributed by atoms with Crippen molar-refractivity contribution in [3.05, 3.63) is 86.5 Å². The van der Waals surface area contributed by atoms with Gasteiger partial charge >= 0.3 is 11.9 Å². The molecule has 4 heterocycles. The van der Waals surface area contributed by atoms with Crippen LogP contribution in [0, 0.1) is 15.9 Å². The fourth-order valence-electron chi connectivity index (χ4n) is 4.85. The van der Waals surface area contributed by atoms with Crippen molar-refractivity contribution in [2.45, 2.75) is 29.1 Å². The van der Waals surface area contributed by atoms with Crippen LogP contribution in [0.2, 0.25) is 0 Å². The molecule has 2 aromatic heterocycles. The first-order valence-electron chi connectivity index (χ1n) is 11.6. The van der Waals surface area contributed by atoms with Crippen molar-refractivity contribution in [2.75, 3.05) is 0 Å². The number of thioether (sulfide) groups is 1. The first-order chi connectivity index (χ1) is 19.0. The van der Waals surface area contributed by atoms with Gasteiger partial charge in [-0.1, -0.05) is 39.4 Å². The molecule has 11 nitrogen and oxygen atoms in total. The number of fused-ring (bicyclic) bond motifs is 4. The van der Waals surface area contributed by atoms with Crippen LogP contribution in [0.5, 0.6) is 0 Å². The predicted octanol–water partition coefficient (Wildman–Crippen LogP) is 4.79. The van der Waals surface area contributed by atoms with Gasteiger partial charge in [0, 0.05) is 36.6 Å². The van der Waals surface area contributed by atoms with Crippen molar-refractivity contribution in [2.24, 2.45) is 0 Å². The van der Waals surface area contributed by atoms with Crippen molar-refractivity contribution < 1.29 is 33.5 Å². The first-order valence-corrected chi connectivity index (χ1v) is 14.1. The SMILES string of the molecule is CC(=O)OC(c1cn2c(n1)sc1ccc(F)cc12)C1(Br)C(=O)N2C(C(=O)O)=C(Cc3ccc([N+](=O)[O-])cc3)SC21. The number of carbonyl (C=O) groups excluding carboxylic acids is 2. The molecule has 1 saturated heterocycles. The number of allylic oxidation sites excluding steroid dienone is 1. The summed E-state index contributed by atoms with van der Waals surface area (Å²) in [6.07, 6.45) is 0.461. The molecule has 1 amide bonds. The van der Waals surface area contributed by atoms with E-state index in [4.69, 9.17) is 4.74 Å². The Labute approximate surface area is 240 Å². The number of carbonyl (C=O) groups is 3. The molecule has 2 aliphatic heterocycles. The summed E-state index contributed by atoms with van der Waals surface area (Å²) >= 11 is 5.92. The summed E-state index contributed by atoms with van der Waals surface area (Å²) in [7, 11) is 0. The normalized spacial score (nSPS) is 21.0. The van der Waals surface area contributed by atoms with Crippen LogP contribution in [-0.4, -0.2) is 51.9 Å². The highest BCUT2D eigenvalue weighted by Gasteiger charge is 2.70. The van der Waals surface area contributed by atoms with Crippen molar-refractivity contribution in [1.29, 1.82) is 0 Å². The summed E-state index contributed by atoms with van der Waals surface area (Å²) < 4.78 is 20.4. The fourth-order valence-corrected chi connectivity index (χ4v) is 8.37. The maximum absolute atomic E-state index is 13.9. The van der Waals surface area contributed by atoms with Gasteiger partial charge in [-0.25, -0.2) is 14.2 Å². The number of ether oxygens (including phenoxy) is 1. The lowest BCUT2D eigenvalue weighted by atomic mass is 9.88. The number of imidazole rings is 1. The minimum absolute atomic E-state index is 0.103. The van der Waals surface area contributed by atoms with Crippen LogP contribution in [0.3, 0.4) is 0 Å². The Morgan fingerprint density at radius 1 is 1.30 bits per heavy atom. The van der Waals surface area contributed by atoms with Crippen LogP contribution in [0.25, 0.3) is 15.2 Å². The lowest BCUT2D eigenvalue weighted by Gasteiger charge is -2.51. The number of carboxylic acid groups (broad SMARTS) is 1. The number of amides is 1. The average Bonchev–Trinajstić information content (AvgIpc) is 3.57. The zero-order valence-corrected chi connectivity index (χ0v) is 23.5. The molecule has 15 heteroatoms. The van der Waals surface area contributed by atoms with Crippen LogP contribution in [-0.2, 0) is 25.5 Å². The second-order valence-corrected chi connectivity index (χ2v) is 12.6. The maximum atomic E-state index is 13.9. The quantitative estimate of drug-likeness (QED) is 0.0985. The number of hydrogen-bond donors (Lipinski definition) is 1. The summed E-state index contributed by atoms with van der Waals surface area (Å²) in [5.74, 6) is -3.05. The Morgan fingerprint density at radius 2 is 2.02 bits per heavy atom. The minimum atomic E-state index is -1.55. The van der Waals surface area contributed by atoms with E-state index in [2.05, 4.69) is 20.9 Å². The summed E-state index contributed by atoms with van der Waals surface area (Å²) in [6, 6.07) is 10.0. The Balaban J connectivity index is 1.36. The number of benzene rings is 2. The number of non-ortho nitro benzene ring substituents is 1. The maximum Gasteiger partial charge on any atom is 0.353 e. The average molecular weight is 647 g/mol. The van der Waals surface area contributed by atoms with E-state index < -0.39 is 44.4 Å². The van der Waals surface area contributed by atoms with E-state index in [1.165, 1.54) is 54.7 Å². The summed E-state index contributed by atoms with van der Waals surface area (Å²) in [6.45, 7) is 1.19. The third kappa shape index (κ3) is 3.98. The zero-order valence-electron chi connectivity index (χ0n) is 20.2. The molecule has 1 fully saturated rings. The molecule has 1 N–H and O–H groups in total. The smallest absolute Gasteiger partial charge is 0.353 e. The molecule has 0 aliphatic carbocycles. The van der Waals surface area contributed by atoms with Gasteiger partial charge in [0.05, 0.1) is 15.1 Å². The molecule has 0 radical (unpaired) electrons. The number of rotatable bonds is 7. The molecule has 2 aliphatic rings. The van der Waals surface area contributed by atoms with E-state index in [0.717, 1.165) is 21.4 Å². The largest absolute Gasteiger partial charge is 0.477 e. The van der Waals surface area contributed by atoms with E-state index in [1.807, 2.05) is 0 Å². The minimum Gasteiger partial charge on any atom is -0.477 e. The lowest BCUT2D eigenvalue weighted by Crippen LogP contribution is -2.70. The topological polar surface area (TPSA) is 144 Å². The summed E-state index contributed by atoms with van der Waals surface area (Å²) in [4.78, 5) is 55.1. The molecule has 0 spiro atoms. The Hall–Kier alpha value is -3.82. The van der Waals surface area contributed by atoms with E-state index in [0.29, 0.717) is 20.9 Å². The molecule has 40 heavy (non-hydrogen) atoms. The second-order valence-electron chi connectivity index (χ2n) is 9.11. The van der Waals surface area contributed by atoms with E-state index in [-0.39, 0.29) is 23.5 Å². The Morgan fingerprint density at radius 3 is 2.67 bits per heavy atom. The van der Waals surface area contributed by atoms with E-state index >= 15 is 0 Å². The van der Waals surface area contributed by atoms with Gasteiger partial charge < -0.3 is 9.84 Å². The molecular formula is C25H16BrFN4O7S2. The second kappa shape index (κ2) is 9.38. The van der Waals surface area contributed by atoms with Gasteiger partial charge in [-0.2, -0.15) is 0 Å². The van der Waals surface area contributed by atoms with Gasteiger partial charge in [0.1, 0.15) is 22.6 Å². The van der Waals surface area contributed by atoms with Gasteiger partial charge in [0.15, 0.2) is 15.4 Å². The predicted molar refractivity (Wildman–Crippen MR) is 146 cm³/mol. The standard InChI is InChI=1S/C25H16BrFN4O7S2/c1-11(32)38-20(15-10-29-16-9-13(27)4-7-17(16)40-24(29)28-15)25(26)22(35)30-19(21(33)34)18(39-23(25)30)8-12-2-5-14(6-3-12)31(36)37/h2-7,9-10,20,23H,8H2,1H3,(H,33,34). The van der Waals surface area contributed by atoms with Crippen molar-refractivity contribution in [3.63, 3.8) is 0 Å². The molecule has 0 saturated carbocycles.